The van der Waals surface area contributed by atoms with E-state index in [-0.39, 0.29) is 5.91 Å². The maximum atomic E-state index is 12.4. The van der Waals surface area contributed by atoms with Crippen molar-refractivity contribution in [2.24, 2.45) is 0 Å². The summed E-state index contributed by atoms with van der Waals surface area (Å²) in [6.45, 7) is 3.94. The Kier molecular flexibility index (Phi) is 6.84. The first-order valence-electron chi connectivity index (χ1n) is 9.69. The predicted molar refractivity (Wildman–Crippen MR) is 110 cm³/mol. The number of likely N-dealkylation sites (tertiary alicyclic amines) is 1. The summed E-state index contributed by atoms with van der Waals surface area (Å²) in [5, 5.41) is 2.75. The lowest BCUT2D eigenvalue weighted by Crippen LogP contribution is -2.34. The minimum absolute atomic E-state index is 0.000228. The van der Waals surface area contributed by atoms with E-state index in [0.717, 1.165) is 37.1 Å². The van der Waals surface area contributed by atoms with Crippen molar-refractivity contribution in [1.82, 2.24) is 10.2 Å². The summed E-state index contributed by atoms with van der Waals surface area (Å²) < 4.78 is 5.50. The maximum absolute atomic E-state index is 12.4. The van der Waals surface area contributed by atoms with Crippen molar-refractivity contribution in [1.29, 1.82) is 0 Å². The van der Waals surface area contributed by atoms with Gasteiger partial charge in [0.15, 0.2) is 0 Å². The second-order valence-corrected chi connectivity index (χ2v) is 6.99. The molecule has 5 nitrogen and oxygen atoms in total. The molecule has 0 radical (unpaired) electrons. The summed E-state index contributed by atoms with van der Waals surface area (Å²) in [4.78, 5) is 26.4. The van der Waals surface area contributed by atoms with Crippen LogP contribution in [0.4, 0.5) is 4.79 Å². The van der Waals surface area contributed by atoms with Crippen LogP contribution in [0.25, 0.3) is 6.08 Å². The number of aryl methyl sites for hydroxylation is 1. The molecule has 0 aliphatic carbocycles. The Hall–Kier alpha value is -3.08. The molecule has 0 aromatic heterocycles. The fraction of sp³-hybridized carbons (Fsp3) is 0.304. The highest BCUT2D eigenvalue weighted by molar-refractivity contribution is 5.92. The minimum Gasteiger partial charge on any atom is -0.410 e. The zero-order valence-corrected chi connectivity index (χ0v) is 16.2. The Bertz CT molecular complexity index is 840. The summed E-state index contributed by atoms with van der Waals surface area (Å²) >= 11 is 0. The Morgan fingerprint density at radius 3 is 2.57 bits per heavy atom. The molecule has 2 aromatic rings. The van der Waals surface area contributed by atoms with Gasteiger partial charge in [-0.25, -0.2) is 4.79 Å². The number of carbonyl (C=O) groups is 2. The molecule has 146 valence electrons. The van der Waals surface area contributed by atoms with Gasteiger partial charge in [-0.05, 0) is 49.5 Å². The van der Waals surface area contributed by atoms with Crippen molar-refractivity contribution < 1.29 is 14.3 Å². The van der Waals surface area contributed by atoms with Gasteiger partial charge in [0.05, 0.1) is 0 Å². The SMILES string of the molecule is Cc1ccc(/C=C/C(=O)N2CCCCC2)c(OC(=O)NCc2ccccc2)c1. The first-order chi connectivity index (χ1) is 13.6. The Labute approximate surface area is 166 Å². The number of nitrogens with one attached hydrogen (secondary N) is 1. The van der Waals surface area contributed by atoms with Gasteiger partial charge in [0.2, 0.25) is 5.91 Å². The molecule has 2 amide bonds. The molecule has 0 unspecified atom stereocenters. The molecular weight excluding hydrogens is 352 g/mol. The summed E-state index contributed by atoms with van der Waals surface area (Å²) in [6.07, 6.45) is 6.05. The molecular formula is C23H26N2O3. The van der Waals surface area contributed by atoms with Crippen LogP contribution in [0.5, 0.6) is 5.75 Å². The lowest BCUT2D eigenvalue weighted by Gasteiger charge is -2.25. The van der Waals surface area contributed by atoms with E-state index in [1.165, 1.54) is 6.42 Å². The Morgan fingerprint density at radius 1 is 1.07 bits per heavy atom. The van der Waals surface area contributed by atoms with Gasteiger partial charge in [-0.1, -0.05) is 42.5 Å². The van der Waals surface area contributed by atoms with Crippen LogP contribution in [0.1, 0.15) is 36.0 Å². The van der Waals surface area contributed by atoms with Crippen molar-refractivity contribution in [2.45, 2.75) is 32.7 Å². The van der Waals surface area contributed by atoms with Crippen LogP contribution in [-0.2, 0) is 11.3 Å². The highest BCUT2D eigenvalue weighted by Gasteiger charge is 2.14. The average molecular weight is 378 g/mol. The second-order valence-electron chi connectivity index (χ2n) is 6.99. The summed E-state index contributed by atoms with van der Waals surface area (Å²) in [5.74, 6) is 0.438. The first kappa shape index (κ1) is 19.7. The normalized spacial score (nSPS) is 14.1. The molecule has 5 heteroatoms. The summed E-state index contributed by atoms with van der Waals surface area (Å²) in [6, 6.07) is 15.2. The molecule has 1 saturated heterocycles. The fourth-order valence-corrected chi connectivity index (χ4v) is 3.15. The van der Waals surface area contributed by atoms with E-state index in [9.17, 15) is 9.59 Å². The number of rotatable bonds is 5. The van der Waals surface area contributed by atoms with E-state index in [1.54, 1.807) is 18.2 Å². The van der Waals surface area contributed by atoms with Gasteiger partial charge in [0.1, 0.15) is 5.75 Å². The maximum Gasteiger partial charge on any atom is 0.412 e. The molecule has 0 bridgehead atoms. The standard InChI is InChI=1S/C23H26N2O3/c1-18-10-11-20(12-13-22(26)25-14-6-3-7-15-25)21(16-18)28-23(27)24-17-19-8-4-2-5-9-19/h2,4-5,8-13,16H,3,6-7,14-15,17H2,1H3,(H,24,27)/b13-12+. The van der Waals surface area contributed by atoms with Gasteiger partial charge in [-0.2, -0.15) is 0 Å². The Balaban J connectivity index is 1.63. The molecule has 1 N–H and O–H groups in total. The van der Waals surface area contributed by atoms with Gasteiger partial charge in [0.25, 0.3) is 0 Å². The highest BCUT2D eigenvalue weighted by Crippen LogP contribution is 2.22. The van der Waals surface area contributed by atoms with Crippen molar-refractivity contribution in [3.8, 4) is 5.75 Å². The largest absolute Gasteiger partial charge is 0.412 e. The van der Waals surface area contributed by atoms with Crippen LogP contribution >= 0.6 is 0 Å². The fourth-order valence-electron chi connectivity index (χ4n) is 3.15. The van der Waals surface area contributed by atoms with E-state index in [1.807, 2.05) is 54.3 Å². The van der Waals surface area contributed by atoms with Crippen LogP contribution in [0.3, 0.4) is 0 Å². The van der Waals surface area contributed by atoms with E-state index in [0.29, 0.717) is 17.9 Å². The number of benzene rings is 2. The van der Waals surface area contributed by atoms with Crippen LogP contribution < -0.4 is 10.1 Å². The van der Waals surface area contributed by atoms with Crippen LogP contribution in [0.15, 0.2) is 54.6 Å². The molecule has 28 heavy (non-hydrogen) atoms. The van der Waals surface area contributed by atoms with E-state index >= 15 is 0 Å². The highest BCUT2D eigenvalue weighted by atomic mass is 16.6. The second kappa shape index (κ2) is 9.74. The topological polar surface area (TPSA) is 58.6 Å². The van der Waals surface area contributed by atoms with E-state index < -0.39 is 6.09 Å². The molecule has 1 fully saturated rings. The zero-order chi connectivity index (χ0) is 19.8. The quantitative estimate of drug-likeness (QED) is 0.789. The van der Waals surface area contributed by atoms with Gasteiger partial charge in [-0.15, -0.1) is 0 Å². The number of amides is 2. The number of hydrogen-bond donors (Lipinski definition) is 1. The third-order valence-electron chi connectivity index (χ3n) is 4.72. The third-order valence-corrected chi connectivity index (χ3v) is 4.72. The third kappa shape index (κ3) is 5.71. The van der Waals surface area contributed by atoms with Crippen LogP contribution in [0, 0.1) is 6.92 Å². The first-order valence-corrected chi connectivity index (χ1v) is 9.69. The van der Waals surface area contributed by atoms with Crippen LogP contribution in [-0.4, -0.2) is 30.0 Å². The summed E-state index contributed by atoms with van der Waals surface area (Å²) in [5.41, 5.74) is 2.67. The Morgan fingerprint density at radius 2 is 1.82 bits per heavy atom. The number of nitrogens with zero attached hydrogens (tertiary/aromatic N) is 1. The molecule has 0 saturated carbocycles. The van der Waals surface area contributed by atoms with Crippen molar-refractivity contribution >= 4 is 18.1 Å². The predicted octanol–water partition coefficient (Wildman–Crippen LogP) is 4.31. The van der Waals surface area contributed by atoms with Gasteiger partial charge >= 0.3 is 6.09 Å². The molecule has 0 spiro atoms. The number of carbonyl (C=O) groups excluding carboxylic acids is 2. The van der Waals surface area contributed by atoms with Crippen LogP contribution in [0.2, 0.25) is 0 Å². The van der Waals surface area contributed by atoms with Gasteiger partial charge in [0, 0.05) is 31.3 Å². The monoisotopic (exact) mass is 378 g/mol. The number of ether oxygens (including phenoxy) is 1. The molecule has 1 aliphatic rings. The number of hydrogen-bond acceptors (Lipinski definition) is 3. The molecule has 0 atom stereocenters. The van der Waals surface area contributed by atoms with Crippen molar-refractivity contribution in [3.63, 3.8) is 0 Å². The zero-order valence-electron chi connectivity index (χ0n) is 16.2. The number of piperidine rings is 1. The molecule has 2 aromatic carbocycles. The summed E-state index contributed by atoms with van der Waals surface area (Å²) in [7, 11) is 0. The van der Waals surface area contributed by atoms with Gasteiger partial charge in [-0.3, -0.25) is 4.79 Å². The minimum atomic E-state index is -0.522. The van der Waals surface area contributed by atoms with Crippen molar-refractivity contribution in [3.05, 3.63) is 71.3 Å². The molecule has 1 aliphatic heterocycles. The lowest BCUT2D eigenvalue weighted by molar-refractivity contribution is -0.126. The smallest absolute Gasteiger partial charge is 0.410 e. The van der Waals surface area contributed by atoms with Gasteiger partial charge < -0.3 is 15.0 Å². The molecule has 3 rings (SSSR count). The average Bonchev–Trinajstić information content (AvgIpc) is 2.73. The molecule has 1 heterocycles. The lowest BCUT2D eigenvalue weighted by atomic mass is 10.1. The van der Waals surface area contributed by atoms with E-state index in [4.69, 9.17) is 4.74 Å². The van der Waals surface area contributed by atoms with E-state index in [2.05, 4.69) is 5.32 Å². The van der Waals surface area contributed by atoms with Crippen molar-refractivity contribution in [2.75, 3.05) is 13.1 Å².